The Bertz CT molecular complexity index is 720. The van der Waals surface area contributed by atoms with E-state index in [9.17, 15) is 9.59 Å². The molecule has 7 heteroatoms. The Hall–Kier alpha value is -2.15. The maximum Gasteiger partial charge on any atom is 0.276 e. The van der Waals surface area contributed by atoms with Crippen LogP contribution in [-0.2, 0) is 0 Å². The maximum atomic E-state index is 12.4. The summed E-state index contributed by atoms with van der Waals surface area (Å²) in [5.41, 5.74) is 0.950. The highest BCUT2D eigenvalue weighted by Gasteiger charge is 2.23. The number of carbonyl (C=O) groups is 2. The number of halogens is 1. The van der Waals surface area contributed by atoms with Crippen LogP contribution in [0.2, 0.25) is 0 Å². The monoisotopic (exact) mass is 390 g/mol. The number of H-pyrrole nitrogens is 1. The molecule has 6 nitrogen and oxygen atoms in total. The summed E-state index contributed by atoms with van der Waals surface area (Å²) in [6, 6.07) is 7.39. The molecule has 1 aromatic carbocycles. The Balaban J connectivity index is 1.68. The van der Waals surface area contributed by atoms with E-state index in [0.717, 1.165) is 30.2 Å². The first-order valence-corrected chi connectivity index (χ1v) is 8.84. The standard InChI is InChI=1S/C17H19BrN4O2/c18-11-6-8-13(9-7-11)22-17(24)15-14(19-10-20-15)16(23)21-12-4-2-1-3-5-12/h6-10,12H,1-5H2,(H,19,20)(H,21,23)(H,22,24). The molecule has 1 heterocycles. The van der Waals surface area contributed by atoms with E-state index in [-0.39, 0.29) is 23.3 Å². The van der Waals surface area contributed by atoms with Gasteiger partial charge in [0.1, 0.15) is 5.69 Å². The van der Waals surface area contributed by atoms with Crippen molar-refractivity contribution in [3.63, 3.8) is 0 Å². The fourth-order valence-corrected chi connectivity index (χ4v) is 3.13. The third-order valence-electron chi connectivity index (χ3n) is 4.12. The summed E-state index contributed by atoms with van der Waals surface area (Å²) in [6.45, 7) is 0. The lowest BCUT2D eigenvalue weighted by Crippen LogP contribution is -2.37. The topological polar surface area (TPSA) is 86.9 Å². The van der Waals surface area contributed by atoms with Gasteiger partial charge in [0.15, 0.2) is 5.69 Å². The second-order valence-corrected chi connectivity index (χ2v) is 6.81. The number of carbonyl (C=O) groups excluding carboxylic acids is 2. The fraction of sp³-hybridized carbons (Fsp3) is 0.353. The van der Waals surface area contributed by atoms with E-state index in [1.165, 1.54) is 12.7 Å². The Morgan fingerprint density at radius 2 is 1.79 bits per heavy atom. The van der Waals surface area contributed by atoms with Gasteiger partial charge in [-0.3, -0.25) is 9.59 Å². The molecule has 0 saturated heterocycles. The van der Waals surface area contributed by atoms with Gasteiger partial charge in [-0.25, -0.2) is 4.98 Å². The number of nitrogens with zero attached hydrogens (tertiary/aromatic N) is 1. The number of hydrogen-bond acceptors (Lipinski definition) is 3. The quantitative estimate of drug-likeness (QED) is 0.746. The van der Waals surface area contributed by atoms with Crippen LogP contribution in [-0.4, -0.2) is 27.8 Å². The number of rotatable bonds is 4. The van der Waals surface area contributed by atoms with Crippen molar-refractivity contribution in [3.8, 4) is 0 Å². The largest absolute Gasteiger partial charge is 0.348 e. The predicted octanol–water partition coefficient (Wildman–Crippen LogP) is 3.49. The minimum Gasteiger partial charge on any atom is -0.348 e. The van der Waals surface area contributed by atoms with Crippen LogP contribution < -0.4 is 10.6 Å². The number of amides is 2. The molecule has 0 aliphatic heterocycles. The highest BCUT2D eigenvalue weighted by Crippen LogP contribution is 2.18. The minimum atomic E-state index is -0.410. The zero-order valence-corrected chi connectivity index (χ0v) is 14.7. The summed E-state index contributed by atoms with van der Waals surface area (Å²) in [4.78, 5) is 31.6. The number of aromatic amines is 1. The molecule has 0 radical (unpaired) electrons. The Morgan fingerprint density at radius 1 is 1.08 bits per heavy atom. The van der Waals surface area contributed by atoms with Gasteiger partial charge in [-0.2, -0.15) is 0 Å². The SMILES string of the molecule is O=C(Nc1ccc(Br)cc1)c1nc[nH]c1C(=O)NC1CCCCC1. The normalized spacial score (nSPS) is 15.0. The van der Waals surface area contributed by atoms with Crippen LogP contribution in [0.4, 0.5) is 5.69 Å². The van der Waals surface area contributed by atoms with Crippen molar-refractivity contribution < 1.29 is 9.59 Å². The van der Waals surface area contributed by atoms with Gasteiger partial charge in [-0.1, -0.05) is 35.2 Å². The van der Waals surface area contributed by atoms with Crippen LogP contribution in [0.15, 0.2) is 35.1 Å². The average molecular weight is 391 g/mol. The Morgan fingerprint density at radius 3 is 2.50 bits per heavy atom. The summed E-state index contributed by atoms with van der Waals surface area (Å²) in [5.74, 6) is -0.687. The molecule has 2 amide bonds. The number of hydrogen-bond donors (Lipinski definition) is 3. The molecule has 1 aliphatic rings. The summed E-state index contributed by atoms with van der Waals surface area (Å²) < 4.78 is 0.924. The summed E-state index contributed by atoms with van der Waals surface area (Å²) in [5, 5.41) is 5.74. The molecule has 0 unspecified atom stereocenters. The molecule has 1 fully saturated rings. The number of aromatic nitrogens is 2. The molecule has 0 bridgehead atoms. The Labute approximate surface area is 148 Å². The van der Waals surface area contributed by atoms with Crippen molar-refractivity contribution in [1.29, 1.82) is 0 Å². The van der Waals surface area contributed by atoms with Crippen molar-refractivity contribution in [3.05, 3.63) is 46.5 Å². The highest BCUT2D eigenvalue weighted by atomic mass is 79.9. The highest BCUT2D eigenvalue weighted by molar-refractivity contribution is 9.10. The van der Waals surface area contributed by atoms with Crippen molar-refractivity contribution >= 4 is 33.4 Å². The molecule has 1 saturated carbocycles. The lowest BCUT2D eigenvalue weighted by molar-refractivity contribution is 0.0912. The summed E-state index contributed by atoms with van der Waals surface area (Å²) in [6.07, 6.45) is 6.82. The molecule has 2 aromatic rings. The first-order chi connectivity index (χ1) is 11.6. The Kier molecular flexibility index (Phi) is 5.30. The van der Waals surface area contributed by atoms with Gasteiger partial charge in [0.05, 0.1) is 6.33 Å². The lowest BCUT2D eigenvalue weighted by atomic mass is 9.95. The zero-order valence-electron chi connectivity index (χ0n) is 13.1. The number of anilines is 1. The maximum absolute atomic E-state index is 12.4. The number of imidazole rings is 1. The van der Waals surface area contributed by atoms with Crippen LogP contribution in [0.5, 0.6) is 0 Å². The molecule has 0 spiro atoms. The fourth-order valence-electron chi connectivity index (χ4n) is 2.87. The van der Waals surface area contributed by atoms with Gasteiger partial charge in [-0.15, -0.1) is 0 Å². The minimum absolute atomic E-state index is 0.103. The van der Waals surface area contributed by atoms with Gasteiger partial charge in [0.25, 0.3) is 11.8 Å². The lowest BCUT2D eigenvalue weighted by Gasteiger charge is -2.22. The van der Waals surface area contributed by atoms with Crippen molar-refractivity contribution in [2.45, 2.75) is 38.1 Å². The molecular formula is C17H19BrN4O2. The molecule has 3 N–H and O–H groups in total. The van der Waals surface area contributed by atoms with Gasteiger partial charge in [0.2, 0.25) is 0 Å². The van der Waals surface area contributed by atoms with Gasteiger partial charge in [0, 0.05) is 16.2 Å². The third kappa shape index (κ3) is 4.03. The van der Waals surface area contributed by atoms with Gasteiger partial charge in [-0.05, 0) is 37.1 Å². The molecule has 1 aliphatic carbocycles. The molecule has 1 aromatic heterocycles. The molecule has 3 rings (SSSR count). The number of nitrogens with one attached hydrogen (secondary N) is 3. The second-order valence-electron chi connectivity index (χ2n) is 5.90. The summed E-state index contributed by atoms with van der Waals surface area (Å²) >= 11 is 3.35. The first-order valence-electron chi connectivity index (χ1n) is 8.04. The van der Waals surface area contributed by atoms with Crippen LogP contribution in [0.3, 0.4) is 0 Å². The van der Waals surface area contributed by atoms with Gasteiger partial charge >= 0.3 is 0 Å². The summed E-state index contributed by atoms with van der Waals surface area (Å²) in [7, 11) is 0. The number of benzene rings is 1. The van der Waals surface area contributed by atoms with Crippen molar-refractivity contribution in [1.82, 2.24) is 15.3 Å². The van der Waals surface area contributed by atoms with E-state index in [1.807, 2.05) is 12.1 Å². The molecule has 126 valence electrons. The van der Waals surface area contributed by atoms with E-state index in [1.54, 1.807) is 12.1 Å². The third-order valence-corrected chi connectivity index (χ3v) is 4.65. The predicted molar refractivity (Wildman–Crippen MR) is 95.0 cm³/mol. The van der Waals surface area contributed by atoms with Crippen LogP contribution in [0, 0.1) is 0 Å². The van der Waals surface area contributed by atoms with E-state index in [2.05, 4.69) is 36.5 Å². The molecular weight excluding hydrogens is 372 g/mol. The average Bonchev–Trinajstić information content (AvgIpc) is 3.08. The van der Waals surface area contributed by atoms with Crippen LogP contribution in [0.25, 0.3) is 0 Å². The second kappa shape index (κ2) is 7.61. The van der Waals surface area contributed by atoms with E-state index in [0.29, 0.717) is 5.69 Å². The zero-order chi connectivity index (χ0) is 16.9. The smallest absolute Gasteiger partial charge is 0.276 e. The molecule has 24 heavy (non-hydrogen) atoms. The van der Waals surface area contributed by atoms with Crippen molar-refractivity contribution in [2.75, 3.05) is 5.32 Å². The molecule has 0 atom stereocenters. The van der Waals surface area contributed by atoms with E-state index < -0.39 is 5.91 Å². The van der Waals surface area contributed by atoms with Crippen molar-refractivity contribution in [2.24, 2.45) is 0 Å². The van der Waals surface area contributed by atoms with Crippen LogP contribution in [0.1, 0.15) is 53.1 Å². The van der Waals surface area contributed by atoms with Gasteiger partial charge < -0.3 is 15.6 Å². The van der Waals surface area contributed by atoms with E-state index >= 15 is 0 Å². The van der Waals surface area contributed by atoms with Crippen LogP contribution >= 0.6 is 15.9 Å². The first kappa shape index (κ1) is 16.7. The van der Waals surface area contributed by atoms with E-state index in [4.69, 9.17) is 0 Å².